The van der Waals surface area contributed by atoms with Crippen LogP contribution in [0.2, 0.25) is 20.1 Å². The van der Waals surface area contributed by atoms with Crippen LogP contribution in [0.4, 0.5) is 13.2 Å². The van der Waals surface area contributed by atoms with E-state index >= 15 is 0 Å². The molecule has 0 bridgehead atoms. The summed E-state index contributed by atoms with van der Waals surface area (Å²) in [6.45, 7) is 0.265. The van der Waals surface area contributed by atoms with Crippen LogP contribution >= 0.6 is 74.7 Å². The van der Waals surface area contributed by atoms with Crippen molar-refractivity contribution in [3.05, 3.63) is 56.5 Å². The highest BCUT2D eigenvalue weighted by atomic mass is 35.5. The highest BCUT2D eigenvalue weighted by Crippen LogP contribution is 2.74. The van der Waals surface area contributed by atoms with Crippen molar-refractivity contribution in [1.82, 2.24) is 4.90 Å². The molecule has 0 heterocycles. The molecule has 2 rings (SSSR count). The van der Waals surface area contributed by atoms with Gasteiger partial charge in [0, 0.05) is 19.8 Å². The maximum Gasteiger partial charge on any atom is 0.471 e. The Balaban J connectivity index is 2.53. The molecule has 0 fully saturated rings. The van der Waals surface area contributed by atoms with Gasteiger partial charge in [-0.2, -0.15) is 13.2 Å². The molecule has 186 valence electrons. The minimum absolute atomic E-state index is 0.121. The van der Waals surface area contributed by atoms with Crippen molar-refractivity contribution in [3.8, 4) is 0 Å². The first kappa shape index (κ1) is 29.5. The number of hydrogen-bond donors (Lipinski definition) is 0. The minimum Gasteiger partial charge on any atom is -0.465 e. The number of carbonyl (C=O) groups is 2. The van der Waals surface area contributed by atoms with Crippen LogP contribution < -0.4 is 0 Å². The zero-order valence-electron chi connectivity index (χ0n) is 17.1. The van der Waals surface area contributed by atoms with Gasteiger partial charge in [-0.25, -0.2) is 0 Å². The second kappa shape index (κ2) is 12.5. The van der Waals surface area contributed by atoms with Gasteiger partial charge in [-0.1, -0.05) is 46.4 Å². The third-order valence-corrected chi connectivity index (χ3v) is 12.3. The molecule has 0 aromatic heterocycles. The SMILES string of the molecule is CCOC(=O)CN(CP(=O)(Sc1cc(Cl)ccc1Cl)Sc1cc(Cl)ccc1Cl)C(=O)C(F)(F)F. The fraction of sp³-hybridized carbons (Fsp3) is 0.263. The second-order valence-electron chi connectivity index (χ2n) is 6.39. The first-order valence-corrected chi connectivity index (χ1v) is 15.4. The monoisotopic (exact) mass is 613 g/mol. The summed E-state index contributed by atoms with van der Waals surface area (Å²) in [5.41, 5.74) is -3.97. The normalized spacial score (nSPS) is 11.9. The summed E-state index contributed by atoms with van der Waals surface area (Å²) in [6.07, 6.45) is -6.29. The Morgan fingerprint density at radius 3 is 1.85 bits per heavy atom. The summed E-state index contributed by atoms with van der Waals surface area (Å²) in [5, 5.41) is 0.732. The summed E-state index contributed by atoms with van der Waals surface area (Å²) < 4.78 is 58.6. The van der Waals surface area contributed by atoms with E-state index in [4.69, 9.17) is 46.4 Å². The van der Waals surface area contributed by atoms with E-state index in [2.05, 4.69) is 4.74 Å². The van der Waals surface area contributed by atoms with Gasteiger partial charge in [0.1, 0.15) is 6.54 Å². The topological polar surface area (TPSA) is 63.7 Å². The predicted octanol–water partition coefficient (Wildman–Crippen LogP) is 8.29. The molecule has 0 unspecified atom stereocenters. The lowest BCUT2D eigenvalue weighted by molar-refractivity contribution is -0.186. The molecule has 0 aliphatic heterocycles. The molecule has 15 heteroatoms. The van der Waals surface area contributed by atoms with Crippen LogP contribution in [-0.2, 0) is 18.9 Å². The molecule has 0 spiro atoms. The molecule has 0 N–H and O–H groups in total. The lowest BCUT2D eigenvalue weighted by Crippen LogP contribution is -2.44. The van der Waals surface area contributed by atoms with Gasteiger partial charge >= 0.3 is 18.1 Å². The van der Waals surface area contributed by atoms with Crippen molar-refractivity contribution in [2.24, 2.45) is 0 Å². The van der Waals surface area contributed by atoms with Gasteiger partial charge in [0.15, 0.2) is 0 Å². The highest BCUT2D eigenvalue weighted by molar-refractivity contribution is 8.90. The van der Waals surface area contributed by atoms with Crippen LogP contribution in [0.15, 0.2) is 46.2 Å². The molecule has 0 aliphatic rings. The van der Waals surface area contributed by atoms with Crippen molar-refractivity contribution in [1.29, 1.82) is 0 Å². The van der Waals surface area contributed by atoms with Gasteiger partial charge in [-0.15, -0.1) is 0 Å². The Kier molecular flexibility index (Phi) is 10.8. The minimum atomic E-state index is -5.33. The van der Waals surface area contributed by atoms with E-state index in [9.17, 15) is 27.3 Å². The van der Waals surface area contributed by atoms with Crippen LogP contribution in [-0.4, -0.2) is 42.4 Å². The number of amides is 1. The number of carbonyl (C=O) groups excluding carboxylic acids is 2. The number of rotatable bonds is 9. The summed E-state index contributed by atoms with van der Waals surface area (Å²) in [5.74, 6) is -3.44. The van der Waals surface area contributed by atoms with Crippen LogP contribution in [0.25, 0.3) is 0 Å². The standard InChI is InChI=1S/C19H15Cl4F3NO4PS2/c1-2-31-17(28)9-27(18(29)19(24,25)26)10-32(30,33-15-7-11(20)3-5-13(15)22)34-16-8-12(21)4-6-14(16)23/h3-8H,2,9-10H2,1H3. The molecule has 2 aromatic carbocycles. The Morgan fingerprint density at radius 2 is 1.44 bits per heavy atom. The molecule has 0 atom stereocenters. The number of halogens is 7. The summed E-state index contributed by atoms with van der Waals surface area (Å²) in [7, 11) is 0. The van der Waals surface area contributed by atoms with Gasteiger partial charge in [0.2, 0.25) is 5.55 Å². The Hall–Kier alpha value is -0.740. The van der Waals surface area contributed by atoms with Crippen molar-refractivity contribution >= 4 is 86.6 Å². The van der Waals surface area contributed by atoms with E-state index in [1.165, 1.54) is 43.3 Å². The lowest BCUT2D eigenvalue weighted by Gasteiger charge is -2.27. The van der Waals surface area contributed by atoms with Gasteiger partial charge in [-0.05, 0) is 66.1 Å². The molecule has 0 aliphatic carbocycles. The van der Waals surface area contributed by atoms with Crippen molar-refractivity contribution in [3.63, 3.8) is 0 Å². The van der Waals surface area contributed by atoms with E-state index in [0.717, 1.165) is 0 Å². The molecule has 34 heavy (non-hydrogen) atoms. The molecule has 0 saturated carbocycles. The van der Waals surface area contributed by atoms with Crippen molar-refractivity contribution < 1.29 is 32.1 Å². The van der Waals surface area contributed by atoms with E-state index < -0.39 is 36.4 Å². The second-order valence-corrected chi connectivity index (χ2v) is 16.2. The fourth-order valence-electron chi connectivity index (χ4n) is 2.41. The van der Waals surface area contributed by atoms with Gasteiger partial charge < -0.3 is 9.64 Å². The van der Waals surface area contributed by atoms with E-state index in [1.807, 2.05) is 0 Å². The molecule has 2 aromatic rings. The van der Waals surface area contributed by atoms with Gasteiger partial charge in [0.05, 0.1) is 22.9 Å². The average molecular weight is 615 g/mol. The quantitative estimate of drug-likeness (QED) is 0.209. The molecular weight excluding hydrogens is 600 g/mol. The van der Waals surface area contributed by atoms with Crippen molar-refractivity contribution in [2.45, 2.75) is 22.9 Å². The lowest BCUT2D eigenvalue weighted by atomic mass is 10.4. The number of benzene rings is 2. The third kappa shape index (κ3) is 8.73. The summed E-state index contributed by atoms with van der Waals surface area (Å²) in [6, 6.07) is 8.54. The Bertz CT molecular complexity index is 1070. The third-order valence-electron chi connectivity index (χ3n) is 3.76. The highest BCUT2D eigenvalue weighted by Gasteiger charge is 2.45. The Labute approximate surface area is 221 Å². The zero-order chi connectivity index (χ0) is 25.7. The van der Waals surface area contributed by atoms with Crippen LogP contribution in [0.1, 0.15) is 6.92 Å². The number of hydrogen-bond acceptors (Lipinski definition) is 6. The van der Waals surface area contributed by atoms with Crippen LogP contribution in [0.3, 0.4) is 0 Å². The maximum atomic E-state index is 14.1. The van der Waals surface area contributed by atoms with E-state index in [-0.39, 0.29) is 41.4 Å². The molecule has 0 saturated heterocycles. The number of nitrogens with zero attached hydrogens (tertiary/aromatic N) is 1. The number of esters is 1. The summed E-state index contributed by atoms with van der Waals surface area (Å²) >= 11 is 25.6. The van der Waals surface area contributed by atoms with Gasteiger partial charge in [-0.3, -0.25) is 14.2 Å². The predicted molar refractivity (Wildman–Crippen MR) is 132 cm³/mol. The number of ether oxygens (including phenoxy) is 1. The average Bonchev–Trinajstić information content (AvgIpc) is 2.72. The zero-order valence-corrected chi connectivity index (χ0v) is 22.6. The number of alkyl halides is 3. The fourth-order valence-corrected chi connectivity index (χ4v) is 11.5. The molecule has 5 nitrogen and oxygen atoms in total. The smallest absolute Gasteiger partial charge is 0.465 e. The van der Waals surface area contributed by atoms with Crippen LogP contribution in [0.5, 0.6) is 0 Å². The summed E-state index contributed by atoms with van der Waals surface area (Å²) in [4.78, 5) is 24.5. The van der Waals surface area contributed by atoms with Crippen LogP contribution in [0, 0.1) is 0 Å². The first-order valence-electron chi connectivity index (χ1n) is 9.14. The molecule has 1 amide bonds. The van der Waals surface area contributed by atoms with Gasteiger partial charge in [0.25, 0.3) is 0 Å². The molecule has 0 radical (unpaired) electrons. The molecular formula is C19H15Cl4F3NO4PS2. The van der Waals surface area contributed by atoms with Crippen molar-refractivity contribution in [2.75, 3.05) is 19.4 Å². The Morgan fingerprint density at radius 1 is 0.971 bits per heavy atom. The maximum absolute atomic E-state index is 14.1. The van der Waals surface area contributed by atoms with E-state index in [1.54, 1.807) is 0 Å². The first-order chi connectivity index (χ1) is 15.7. The van der Waals surface area contributed by atoms with E-state index in [0.29, 0.717) is 22.8 Å². The largest absolute Gasteiger partial charge is 0.471 e.